The van der Waals surface area contributed by atoms with Gasteiger partial charge in [0.25, 0.3) is 0 Å². The highest BCUT2D eigenvalue weighted by molar-refractivity contribution is 5.80. The van der Waals surface area contributed by atoms with E-state index in [4.69, 9.17) is 9.47 Å². The molecule has 0 spiro atoms. The van der Waals surface area contributed by atoms with Crippen molar-refractivity contribution in [2.45, 2.75) is 25.0 Å². The van der Waals surface area contributed by atoms with Gasteiger partial charge in [0, 0.05) is 44.2 Å². The van der Waals surface area contributed by atoms with Gasteiger partial charge in [0.1, 0.15) is 6.10 Å². The lowest BCUT2D eigenvalue weighted by molar-refractivity contribution is -0.136. The third kappa shape index (κ3) is 3.49. The molecule has 130 valence electrons. The number of pyridine rings is 2. The van der Waals surface area contributed by atoms with Crippen LogP contribution < -0.4 is 4.74 Å². The van der Waals surface area contributed by atoms with Gasteiger partial charge in [-0.1, -0.05) is 12.1 Å². The minimum Gasteiger partial charge on any atom is -0.472 e. The molecule has 6 heteroatoms. The number of likely N-dealkylation sites (tertiary alicyclic amines) is 1. The molecule has 0 aromatic carbocycles. The maximum atomic E-state index is 13.0. The molecule has 6 nitrogen and oxygen atoms in total. The van der Waals surface area contributed by atoms with Gasteiger partial charge >= 0.3 is 0 Å². The second kappa shape index (κ2) is 7.19. The van der Waals surface area contributed by atoms with Gasteiger partial charge in [-0.2, -0.15) is 0 Å². The third-order valence-electron chi connectivity index (χ3n) is 4.80. The minimum absolute atomic E-state index is 0.00184. The van der Waals surface area contributed by atoms with Gasteiger partial charge < -0.3 is 14.4 Å². The highest BCUT2D eigenvalue weighted by atomic mass is 16.5. The van der Waals surface area contributed by atoms with E-state index in [1.165, 1.54) is 0 Å². The van der Waals surface area contributed by atoms with E-state index in [0.717, 1.165) is 18.4 Å². The summed E-state index contributed by atoms with van der Waals surface area (Å²) in [6.45, 7) is 1.93. The van der Waals surface area contributed by atoms with E-state index in [2.05, 4.69) is 9.97 Å². The lowest BCUT2D eigenvalue weighted by Crippen LogP contribution is -2.37. The first kappa shape index (κ1) is 16.0. The zero-order valence-electron chi connectivity index (χ0n) is 14.0. The zero-order valence-corrected chi connectivity index (χ0v) is 14.0. The molecular formula is C19H21N3O3. The molecule has 0 bridgehead atoms. The number of rotatable bonds is 4. The summed E-state index contributed by atoms with van der Waals surface area (Å²) >= 11 is 0. The Hall–Kier alpha value is -2.47. The van der Waals surface area contributed by atoms with Crippen molar-refractivity contribution in [2.24, 2.45) is 5.92 Å². The quantitative estimate of drug-likeness (QED) is 0.855. The first-order valence-corrected chi connectivity index (χ1v) is 8.69. The molecule has 3 atom stereocenters. The third-order valence-corrected chi connectivity index (χ3v) is 4.80. The molecule has 2 aliphatic rings. The van der Waals surface area contributed by atoms with Crippen LogP contribution in [0.25, 0.3) is 0 Å². The van der Waals surface area contributed by atoms with Gasteiger partial charge in [0.05, 0.1) is 18.6 Å². The van der Waals surface area contributed by atoms with Crippen LogP contribution in [0.4, 0.5) is 0 Å². The Morgan fingerprint density at radius 3 is 2.96 bits per heavy atom. The van der Waals surface area contributed by atoms with Gasteiger partial charge in [-0.15, -0.1) is 0 Å². The molecule has 1 amide bonds. The van der Waals surface area contributed by atoms with E-state index in [1.807, 2.05) is 35.2 Å². The molecule has 0 saturated carbocycles. The number of nitrogens with zero attached hydrogens (tertiary/aromatic N) is 3. The average molecular weight is 339 g/mol. The molecular weight excluding hydrogens is 318 g/mol. The SMILES string of the molecule is O=C([C@H]1CCO[C@@H]1c1cccnc1)N1CCC(Oc2ccccn2)C1. The van der Waals surface area contributed by atoms with Crippen LogP contribution in [0.3, 0.4) is 0 Å². The smallest absolute Gasteiger partial charge is 0.228 e. The number of hydrogen-bond donors (Lipinski definition) is 0. The maximum absolute atomic E-state index is 13.0. The standard InChI is InChI=1S/C19H21N3O3/c23-19(16-7-11-24-18(16)14-4-3-8-20-12-14)22-10-6-15(13-22)25-17-5-1-2-9-21-17/h1-5,8-9,12,15-16,18H,6-7,10-11,13H2/t15?,16-,18+/m0/s1. The van der Waals surface area contributed by atoms with Crippen LogP contribution in [0.5, 0.6) is 5.88 Å². The summed E-state index contributed by atoms with van der Waals surface area (Å²) in [4.78, 5) is 23.2. The summed E-state index contributed by atoms with van der Waals surface area (Å²) in [6, 6.07) is 9.45. The van der Waals surface area contributed by atoms with Crippen molar-refractivity contribution >= 4 is 5.91 Å². The predicted molar refractivity (Wildman–Crippen MR) is 90.9 cm³/mol. The van der Waals surface area contributed by atoms with E-state index >= 15 is 0 Å². The Morgan fingerprint density at radius 2 is 2.16 bits per heavy atom. The predicted octanol–water partition coefficient (Wildman–Crippen LogP) is 2.23. The first-order chi connectivity index (χ1) is 12.3. The molecule has 4 rings (SSSR count). The van der Waals surface area contributed by atoms with Crippen molar-refractivity contribution in [3.05, 3.63) is 54.5 Å². The fraction of sp³-hybridized carbons (Fsp3) is 0.421. The van der Waals surface area contributed by atoms with Gasteiger partial charge in [-0.25, -0.2) is 4.98 Å². The number of aromatic nitrogens is 2. The molecule has 0 aliphatic carbocycles. The summed E-state index contributed by atoms with van der Waals surface area (Å²) in [5, 5.41) is 0. The van der Waals surface area contributed by atoms with E-state index < -0.39 is 0 Å². The van der Waals surface area contributed by atoms with Crippen LogP contribution in [-0.4, -0.2) is 46.6 Å². The Morgan fingerprint density at radius 1 is 1.20 bits per heavy atom. The van der Waals surface area contributed by atoms with Crippen molar-refractivity contribution in [3.8, 4) is 5.88 Å². The van der Waals surface area contributed by atoms with Crippen LogP contribution in [0.15, 0.2) is 48.9 Å². The van der Waals surface area contributed by atoms with Crippen molar-refractivity contribution in [2.75, 3.05) is 19.7 Å². The fourth-order valence-electron chi connectivity index (χ4n) is 3.56. The number of hydrogen-bond acceptors (Lipinski definition) is 5. The monoisotopic (exact) mass is 339 g/mol. The van der Waals surface area contributed by atoms with Crippen molar-refractivity contribution in [1.82, 2.24) is 14.9 Å². The molecule has 0 N–H and O–H groups in total. The zero-order chi connectivity index (χ0) is 17.1. The second-order valence-corrected chi connectivity index (χ2v) is 6.45. The number of ether oxygens (including phenoxy) is 2. The molecule has 25 heavy (non-hydrogen) atoms. The minimum atomic E-state index is -0.197. The van der Waals surface area contributed by atoms with E-state index in [1.54, 1.807) is 18.6 Å². The largest absolute Gasteiger partial charge is 0.472 e. The summed E-state index contributed by atoms with van der Waals surface area (Å²) < 4.78 is 11.7. The fourth-order valence-corrected chi connectivity index (χ4v) is 3.56. The highest BCUT2D eigenvalue weighted by Crippen LogP contribution is 2.36. The molecule has 2 saturated heterocycles. The molecule has 2 fully saturated rings. The molecule has 2 aliphatic heterocycles. The maximum Gasteiger partial charge on any atom is 0.228 e. The Balaban J connectivity index is 1.39. The van der Waals surface area contributed by atoms with E-state index in [9.17, 15) is 4.79 Å². The van der Waals surface area contributed by atoms with Gasteiger partial charge in [0.15, 0.2) is 0 Å². The van der Waals surface area contributed by atoms with Crippen LogP contribution >= 0.6 is 0 Å². The van der Waals surface area contributed by atoms with Gasteiger partial charge in [-0.3, -0.25) is 9.78 Å². The Kier molecular flexibility index (Phi) is 4.61. The van der Waals surface area contributed by atoms with Crippen LogP contribution in [-0.2, 0) is 9.53 Å². The Bertz CT molecular complexity index is 710. The lowest BCUT2D eigenvalue weighted by atomic mass is 9.95. The summed E-state index contributed by atoms with van der Waals surface area (Å²) in [7, 11) is 0. The highest BCUT2D eigenvalue weighted by Gasteiger charge is 2.40. The summed E-state index contributed by atoms with van der Waals surface area (Å²) in [6.07, 6.45) is 6.60. The topological polar surface area (TPSA) is 64.5 Å². The average Bonchev–Trinajstić information content (AvgIpc) is 3.32. The lowest BCUT2D eigenvalue weighted by Gasteiger charge is -2.24. The van der Waals surface area contributed by atoms with Gasteiger partial charge in [0.2, 0.25) is 11.8 Å². The van der Waals surface area contributed by atoms with Crippen molar-refractivity contribution < 1.29 is 14.3 Å². The molecule has 0 radical (unpaired) electrons. The summed E-state index contributed by atoms with van der Waals surface area (Å²) in [5.74, 6) is 0.621. The molecule has 2 aromatic heterocycles. The van der Waals surface area contributed by atoms with E-state index in [0.29, 0.717) is 25.6 Å². The Labute approximate surface area is 146 Å². The number of carbonyl (C=O) groups is 1. The second-order valence-electron chi connectivity index (χ2n) is 6.45. The van der Waals surface area contributed by atoms with E-state index in [-0.39, 0.29) is 24.0 Å². The molecule has 4 heterocycles. The first-order valence-electron chi connectivity index (χ1n) is 8.69. The van der Waals surface area contributed by atoms with Crippen LogP contribution in [0.1, 0.15) is 24.5 Å². The van der Waals surface area contributed by atoms with Crippen LogP contribution in [0, 0.1) is 5.92 Å². The van der Waals surface area contributed by atoms with Crippen molar-refractivity contribution in [1.29, 1.82) is 0 Å². The van der Waals surface area contributed by atoms with Crippen molar-refractivity contribution in [3.63, 3.8) is 0 Å². The number of amides is 1. The normalized spacial score (nSPS) is 25.9. The van der Waals surface area contributed by atoms with Gasteiger partial charge in [-0.05, 0) is 24.1 Å². The molecule has 1 unspecified atom stereocenters. The van der Waals surface area contributed by atoms with Crippen LogP contribution in [0.2, 0.25) is 0 Å². The number of carbonyl (C=O) groups excluding carboxylic acids is 1. The summed E-state index contributed by atoms with van der Waals surface area (Å²) in [5.41, 5.74) is 0.971. The molecule has 2 aromatic rings.